The summed E-state index contributed by atoms with van der Waals surface area (Å²) >= 11 is 0. The molecule has 1 aromatic heterocycles. The van der Waals surface area contributed by atoms with Gasteiger partial charge in [-0.05, 0) is 48.4 Å². The molecule has 1 atom stereocenters. The van der Waals surface area contributed by atoms with Crippen molar-refractivity contribution in [2.75, 3.05) is 13.1 Å². The molecule has 1 aromatic carbocycles. The second kappa shape index (κ2) is 5.79. The summed E-state index contributed by atoms with van der Waals surface area (Å²) in [6.45, 7) is 2.47. The van der Waals surface area contributed by atoms with E-state index in [2.05, 4.69) is 15.5 Å². The Morgan fingerprint density at radius 2 is 2.17 bits per heavy atom. The second-order valence-corrected chi connectivity index (χ2v) is 6.00. The number of piperidine rings is 1. The molecule has 1 N–H and O–H groups in total. The van der Waals surface area contributed by atoms with Gasteiger partial charge in [-0.15, -0.1) is 5.10 Å². The van der Waals surface area contributed by atoms with E-state index >= 15 is 0 Å². The fourth-order valence-corrected chi connectivity index (χ4v) is 2.83. The van der Waals surface area contributed by atoms with Gasteiger partial charge in [0.05, 0.1) is 11.1 Å². The fourth-order valence-electron chi connectivity index (χ4n) is 2.83. The smallest absolute Gasteiger partial charge is 0.311 e. The van der Waals surface area contributed by atoms with Gasteiger partial charge in [0.15, 0.2) is 0 Å². The molecular formula is C15H17N5O3. The SMILES string of the molecule is CC1(C(=O)O)CCCN(C(=O)c2cccc(-n3cnnn3)c2)C1. The first-order valence-corrected chi connectivity index (χ1v) is 7.36. The van der Waals surface area contributed by atoms with Crippen molar-refractivity contribution in [1.82, 2.24) is 25.1 Å². The molecule has 1 saturated heterocycles. The fraction of sp³-hybridized carbons (Fsp3) is 0.400. The number of rotatable bonds is 3. The summed E-state index contributed by atoms with van der Waals surface area (Å²) in [4.78, 5) is 25.7. The molecule has 0 saturated carbocycles. The van der Waals surface area contributed by atoms with Gasteiger partial charge in [0.25, 0.3) is 5.91 Å². The van der Waals surface area contributed by atoms with Crippen LogP contribution in [0.25, 0.3) is 5.69 Å². The van der Waals surface area contributed by atoms with E-state index < -0.39 is 11.4 Å². The number of carboxylic acids is 1. The van der Waals surface area contributed by atoms with Crippen LogP contribution in [0.3, 0.4) is 0 Å². The molecular weight excluding hydrogens is 298 g/mol. The first kappa shape index (κ1) is 15.1. The monoisotopic (exact) mass is 315 g/mol. The molecule has 8 nitrogen and oxygen atoms in total. The summed E-state index contributed by atoms with van der Waals surface area (Å²) in [7, 11) is 0. The summed E-state index contributed by atoms with van der Waals surface area (Å²) in [5.41, 5.74) is 0.285. The molecule has 2 aromatic rings. The second-order valence-electron chi connectivity index (χ2n) is 6.00. The molecule has 1 aliphatic rings. The van der Waals surface area contributed by atoms with Crippen LogP contribution in [0.15, 0.2) is 30.6 Å². The number of hydrogen-bond donors (Lipinski definition) is 1. The quantitative estimate of drug-likeness (QED) is 0.906. The Morgan fingerprint density at radius 3 is 2.87 bits per heavy atom. The zero-order chi connectivity index (χ0) is 16.4. The molecule has 0 bridgehead atoms. The highest BCUT2D eigenvalue weighted by Crippen LogP contribution is 2.30. The Kier molecular flexibility index (Phi) is 3.81. The van der Waals surface area contributed by atoms with Crippen LogP contribution in [0.1, 0.15) is 30.1 Å². The molecule has 0 aliphatic carbocycles. The lowest BCUT2D eigenvalue weighted by Crippen LogP contribution is -2.48. The molecule has 1 fully saturated rings. The van der Waals surface area contributed by atoms with E-state index in [1.54, 1.807) is 36.1 Å². The number of likely N-dealkylation sites (tertiary alicyclic amines) is 1. The van der Waals surface area contributed by atoms with E-state index in [1.165, 1.54) is 11.0 Å². The van der Waals surface area contributed by atoms with Crippen molar-refractivity contribution in [3.05, 3.63) is 36.2 Å². The number of carboxylic acid groups (broad SMARTS) is 1. The Labute approximate surface area is 132 Å². The minimum Gasteiger partial charge on any atom is -0.481 e. The van der Waals surface area contributed by atoms with Gasteiger partial charge in [0.1, 0.15) is 6.33 Å². The van der Waals surface area contributed by atoms with Crippen LogP contribution >= 0.6 is 0 Å². The van der Waals surface area contributed by atoms with Crippen molar-refractivity contribution < 1.29 is 14.7 Å². The number of amides is 1. The summed E-state index contributed by atoms with van der Waals surface area (Å²) in [6.07, 6.45) is 2.71. The topological polar surface area (TPSA) is 101 Å². The Bertz CT molecular complexity index is 730. The number of aromatic nitrogens is 4. The number of carbonyl (C=O) groups excluding carboxylic acids is 1. The van der Waals surface area contributed by atoms with E-state index in [0.29, 0.717) is 30.6 Å². The molecule has 120 valence electrons. The Balaban J connectivity index is 1.83. The lowest BCUT2D eigenvalue weighted by Gasteiger charge is -2.37. The number of hydrogen-bond acceptors (Lipinski definition) is 5. The molecule has 23 heavy (non-hydrogen) atoms. The van der Waals surface area contributed by atoms with Gasteiger partial charge in [-0.1, -0.05) is 6.07 Å². The Hall–Kier alpha value is -2.77. The first-order chi connectivity index (χ1) is 11.0. The summed E-state index contributed by atoms with van der Waals surface area (Å²) in [5, 5.41) is 20.3. The standard InChI is InChI=1S/C15H17N5O3/c1-15(14(22)23)6-3-7-19(9-15)13(21)11-4-2-5-12(8-11)20-10-16-17-18-20/h2,4-5,8,10H,3,6-7,9H2,1H3,(H,22,23). The largest absolute Gasteiger partial charge is 0.481 e. The van der Waals surface area contributed by atoms with Crippen LogP contribution in [0.2, 0.25) is 0 Å². The van der Waals surface area contributed by atoms with Gasteiger partial charge in [-0.25, -0.2) is 4.68 Å². The van der Waals surface area contributed by atoms with Gasteiger partial charge in [0, 0.05) is 18.7 Å². The molecule has 1 unspecified atom stereocenters. The zero-order valence-corrected chi connectivity index (χ0v) is 12.7. The summed E-state index contributed by atoms with van der Waals surface area (Å²) in [6, 6.07) is 6.96. The van der Waals surface area contributed by atoms with E-state index in [1.807, 2.05) is 0 Å². The third-order valence-electron chi connectivity index (χ3n) is 4.21. The highest BCUT2D eigenvalue weighted by molar-refractivity contribution is 5.95. The molecule has 8 heteroatoms. The average Bonchev–Trinajstić information content (AvgIpc) is 3.09. The van der Waals surface area contributed by atoms with Crippen LogP contribution in [0.4, 0.5) is 0 Å². The number of aliphatic carboxylic acids is 1. The van der Waals surface area contributed by atoms with Gasteiger partial charge < -0.3 is 10.0 Å². The normalized spacial score (nSPS) is 21.2. The lowest BCUT2D eigenvalue weighted by atomic mass is 9.82. The van der Waals surface area contributed by atoms with E-state index in [-0.39, 0.29) is 12.5 Å². The lowest BCUT2D eigenvalue weighted by molar-refractivity contribution is -0.150. The maximum atomic E-state index is 12.7. The predicted octanol–water partition coefficient (Wildman–Crippen LogP) is 0.989. The summed E-state index contributed by atoms with van der Waals surface area (Å²) in [5.74, 6) is -1.04. The summed E-state index contributed by atoms with van der Waals surface area (Å²) < 4.78 is 1.47. The van der Waals surface area contributed by atoms with Crippen molar-refractivity contribution in [3.63, 3.8) is 0 Å². The van der Waals surface area contributed by atoms with Crippen LogP contribution in [-0.4, -0.2) is 55.2 Å². The maximum absolute atomic E-state index is 12.7. The Morgan fingerprint density at radius 1 is 1.35 bits per heavy atom. The molecule has 3 rings (SSSR count). The van der Waals surface area contributed by atoms with Crippen molar-refractivity contribution >= 4 is 11.9 Å². The number of nitrogens with zero attached hydrogens (tertiary/aromatic N) is 5. The van der Waals surface area contributed by atoms with Gasteiger partial charge in [-0.3, -0.25) is 9.59 Å². The van der Waals surface area contributed by atoms with E-state index in [4.69, 9.17) is 0 Å². The van der Waals surface area contributed by atoms with Gasteiger partial charge in [-0.2, -0.15) is 0 Å². The highest BCUT2D eigenvalue weighted by atomic mass is 16.4. The molecule has 1 amide bonds. The first-order valence-electron chi connectivity index (χ1n) is 7.36. The third kappa shape index (κ3) is 2.92. The third-order valence-corrected chi connectivity index (χ3v) is 4.21. The van der Waals surface area contributed by atoms with Crippen LogP contribution in [0.5, 0.6) is 0 Å². The molecule has 2 heterocycles. The number of tetrazole rings is 1. The van der Waals surface area contributed by atoms with E-state index in [0.717, 1.165) is 0 Å². The predicted molar refractivity (Wildman–Crippen MR) is 80.0 cm³/mol. The van der Waals surface area contributed by atoms with Crippen LogP contribution in [-0.2, 0) is 4.79 Å². The van der Waals surface area contributed by atoms with E-state index in [9.17, 15) is 14.7 Å². The number of benzene rings is 1. The van der Waals surface area contributed by atoms with Crippen LogP contribution in [0, 0.1) is 5.41 Å². The van der Waals surface area contributed by atoms with Crippen molar-refractivity contribution in [1.29, 1.82) is 0 Å². The van der Waals surface area contributed by atoms with Crippen molar-refractivity contribution in [2.45, 2.75) is 19.8 Å². The average molecular weight is 315 g/mol. The molecule has 0 radical (unpaired) electrons. The van der Waals surface area contributed by atoms with Crippen molar-refractivity contribution in [3.8, 4) is 5.69 Å². The minimum absolute atomic E-state index is 0.174. The highest BCUT2D eigenvalue weighted by Gasteiger charge is 2.39. The number of carbonyl (C=O) groups is 2. The van der Waals surface area contributed by atoms with Gasteiger partial charge in [0.2, 0.25) is 0 Å². The zero-order valence-electron chi connectivity index (χ0n) is 12.7. The van der Waals surface area contributed by atoms with Gasteiger partial charge >= 0.3 is 5.97 Å². The molecule has 0 spiro atoms. The van der Waals surface area contributed by atoms with Crippen molar-refractivity contribution in [2.24, 2.45) is 5.41 Å². The maximum Gasteiger partial charge on any atom is 0.311 e. The molecule has 1 aliphatic heterocycles. The van der Waals surface area contributed by atoms with Crippen LogP contribution < -0.4 is 0 Å². The minimum atomic E-state index is -0.888.